The van der Waals surface area contributed by atoms with Gasteiger partial charge in [-0.3, -0.25) is 14.5 Å². The normalized spacial score (nSPS) is 20.4. The largest absolute Gasteiger partial charge is 0.523 e. The summed E-state index contributed by atoms with van der Waals surface area (Å²) in [6, 6.07) is 12.7. The van der Waals surface area contributed by atoms with Crippen molar-refractivity contribution in [1.29, 1.82) is 0 Å². The highest BCUT2D eigenvalue weighted by Crippen LogP contribution is 2.29. The second-order valence-corrected chi connectivity index (χ2v) is 8.73. The molecule has 9 heteroatoms. The highest BCUT2D eigenvalue weighted by Gasteiger charge is 2.54. The average Bonchev–Trinajstić information content (AvgIpc) is 3.22. The second-order valence-electron chi connectivity index (χ2n) is 8.73. The van der Waals surface area contributed by atoms with Crippen molar-refractivity contribution in [2.24, 2.45) is 0 Å². The number of rotatable bonds is 7. The van der Waals surface area contributed by atoms with Crippen molar-refractivity contribution < 1.29 is 33.9 Å². The second kappa shape index (κ2) is 10.5. The summed E-state index contributed by atoms with van der Waals surface area (Å²) >= 11 is 0. The highest BCUT2D eigenvalue weighted by molar-refractivity contribution is 5.99. The van der Waals surface area contributed by atoms with Gasteiger partial charge in [0.2, 0.25) is 0 Å². The molecule has 3 N–H and O–H groups in total. The van der Waals surface area contributed by atoms with Gasteiger partial charge in [0.05, 0.1) is 19.1 Å². The van der Waals surface area contributed by atoms with Crippen LogP contribution in [0, 0.1) is 0 Å². The van der Waals surface area contributed by atoms with Crippen molar-refractivity contribution in [2.45, 2.75) is 38.3 Å². The number of imide groups is 1. The number of Topliss-reactive ketones (excluding diaryl/α,β-unsaturated/α-hetero) is 1. The van der Waals surface area contributed by atoms with Gasteiger partial charge in [-0.2, -0.15) is 4.79 Å². The Kier molecular flexibility index (Phi) is 7.68. The van der Waals surface area contributed by atoms with Crippen LogP contribution in [0.2, 0.25) is 0 Å². The summed E-state index contributed by atoms with van der Waals surface area (Å²) in [7, 11) is 1.41. The number of likely N-dealkylation sites (N-methyl/N-ethyl adjacent to an activating group) is 1. The summed E-state index contributed by atoms with van der Waals surface area (Å²) in [5.74, 6) is -0.787. The molecule has 0 saturated carbocycles. The maximum Gasteiger partial charge on any atom is 0.523 e. The molecule has 1 aliphatic rings. The summed E-state index contributed by atoms with van der Waals surface area (Å²) in [4.78, 5) is 52.3. The molecule has 1 saturated heterocycles. The van der Waals surface area contributed by atoms with Gasteiger partial charge in [-0.05, 0) is 43.2 Å². The number of quaternary nitrogens is 1. The number of aromatic hydroxyl groups is 1. The number of phenols is 1. The molecule has 1 fully saturated rings. The summed E-state index contributed by atoms with van der Waals surface area (Å²) in [5.41, 5.74) is 1.09. The molecule has 1 aliphatic heterocycles. The Bertz CT molecular complexity index is 1060. The zero-order chi connectivity index (χ0) is 24.9. The molecule has 9 nitrogen and oxygen atoms in total. The van der Waals surface area contributed by atoms with Crippen LogP contribution in [0.3, 0.4) is 0 Å². The van der Waals surface area contributed by atoms with Crippen LogP contribution in [0.5, 0.6) is 5.75 Å². The van der Waals surface area contributed by atoms with E-state index in [-0.39, 0.29) is 25.3 Å². The molecule has 34 heavy (non-hydrogen) atoms. The van der Waals surface area contributed by atoms with Crippen LogP contribution in [0.15, 0.2) is 54.6 Å². The molecule has 0 spiro atoms. The quantitative estimate of drug-likeness (QED) is 0.537. The molecule has 0 aliphatic carbocycles. The average molecular weight is 469 g/mol. The molecule has 0 bridgehead atoms. The number of carbonyl (C=O) groups excluding carboxylic acids is 3. The van der Waals surface area contributed by atoms with Gasteiger partial charge in [-0.1, -0.05) is 30.3 Å². The standard InChI is InChI=1S/C25H29N3O6/c1-17-7-6-14-28(17,25(33)34)24(32)27(2)16-22(30)21(15-18-10-12-20(29)13-11-18)26-23(31)19-8-4-3-5-9-19/h3-5,8-13,17,21H,6-7,14-16H2,1-2H3,(H2-,26,29,31,33,34)/p+1/t17-,21?,28?/m1/s1. The lowest BCUT2D eigenvalue weighted by molar-refractivity contribution is -0.790. The number of ketones is 1. The summed E-state index contributed by atoms with van der Waals surface area (Å²) in [5, 5.41) is 22.1. The van der Waals surface area contributed by atoms with Gasteiger partial charge in [-0.25, -0.2) is 4.79 Å². The Labute approximate surface area is 198 Å². The number of carbonyl (C=O) groups is 4. The molecule has 3 atom stereocenters. The Balaban J connectivity index is 1.79. The SMILES string of the molecule is C[C@@H]1CCC[N+]1(C(=O)O)C(=O)N(C)CC(=O)C(Cc1ccc(O)cc1)NC(=O)c1ccccc1. The predicted octanol–water partition coefficient (Wildman–Crippen LogP) is 3.03. The third-order valence-corrected chi connectivity index (χ3v) is 6.39. The number of hydrogen-bond acceptors (Lipinski definition) is 5. The summed E-state index contributed by atoms with van der Waals surface area (Å²) in [6.45, 7) is 1.55. The van der Waals surface area contributed by atoms with E-state index in [1.165, 1.54) is 19.2 Å². The van der Waals surface area contributed by atoms with Crippen molar-refractivity contribution in [1.82, 2.24) is 10.2 Å². The predicted molar refractivity (Wildman–Crippen MR) is 124 cm³/mol. The van der Waals surface area contributed by atoms with Crippen molar-refractivity contribution in [2.75, 3.05) is 20.1 Å². The smallest absolute Gasteiger partial charge is 0.508 e. The fourth-order valence-electron chi connectivity index (χ4n) is 4.39. The Morgan fingerprint density at radius 1 is 1.09 bits per heavy atom. The number of carboxylic acid groups (broad SMARTS) is 1. The first kappa shape index (κ1) is 24.9. The van der Waals surface area contributed by atoms with Crippen LogP contribution >= 0.6 is 0 Å². The number of nitrogens with zero attached hydrogens (tertiary/aromatic N) is 2. The van der Waals surface area contributed by atoms with E-state index in [4.69, 9.17) is 0 Å². The van der Waals surface area contributed by atoms with Crippen LogP contribution < -0.4 is 5.32 Å². The fraction of sp³-hybridized carbons (Fsp3) is 0.360. The molecule has 180 valence electrons. The van der Waals surface area contributed by atoms with Crippen LogP contribution in [0.1, 0.15) is 35.7 Å². The first-order valence-electron chi connectivity index (χ1n) is 11.2. The van der Waals surface area contributed by atoms with Crippen molar-refractivity contribution in [3.8, 4) is 5.75 Å². The van der Waals surface area contributed by atoms with Crippen LogP contribution in [-0.4, -0.2) is 75.6 Å². The maximum atomic E-state index is 13.3. The molecule has 1 heterocycles. The van der Waals surface area contributed by atoms with Crippen molar-refractivity contribution >= 4 is 23.8 Å². The van der Waals surface area contributed by atoms with Gasteiger partial charge in [0.15, 0.2) is 5.78 Å². The van der Waals surface area contributed by atoms with E-state index < -0.39 is 40.4 Å². The van der Waals surface area contributed by atoms with E-state index in [1.54, 1.807) is 49.4 Å². The first-order chi connectivity index (χ1) is 16.1. The number of likely N-dealkylation sites (tertiary alicyclic amines) is 1. The zero-order valence-electron chi connectivity index (χ0n) is 19.3. The van der Waals surface area contributed by atoms with Gasteiger partial charge in [0.25, 0.3) is 5.91 Å². The van der Waals surface area contributed by atoms with Crippen molar-refractivity contribution in [3.63, 3.8) is 0 Å². The summed E-state index contributed by atoms with van der Waals surface area (Å²) in [6.07, 6.45) is 0.135. The lowest BCUT2D eigenvalue weighted by Gasteiger charge is -2.33. The number of urea groups is 1. The van der Waals surface area contributed by atoms with Gasteiger partial charge in [0, 0.05) is 25.5 Å². The van der Waals surface area contributed by atoms with Gasteiger partial charge >= 0.3 is 12.1 Å². The Morgan fingerprint density at radius 2 is 1.74 bits per heavy atom. The number of nitrogens with one attached hydrogen (secondary N) is 1. The van der Waals surface area contributed by atoms with Crippen LogP contribution in [0.25, 0.3) is 0 Å². The third kappa shape index (κ3) is 5.26. The molecular weight excluding hydrogens is 438 g/mol. The molecule has 2 unspecified atom stereocenters. The molecule has 2 aromatic rings. The third-order valence-electron chi connectivity index (χ3n) is 6.39. The Hall–Kier alpha value is -3.72. The monoisotopic (exact) mass is 468 g/mol. The van der Waals surface area contributed by atoms with E-state index in [0.29, 0.717) is 24.0 Å². The zero-order valence-corrected chi connectivity index (χ0v) is 19.3. The fourth-order valence-corrected chi connectivity index (χ4v) is 4.39. The number of amides is 4. The molecular formula is C25H30N3O6+. The van der Waals surface area contributed by atoms with E-state index in [0.717, 1.165) is 4.90 Å². The molecule has 0 aromatic heterocycles. The topological polar surface area (TPSA) is 124 Å². The van der Waals surface area contributed by atoms with E-state index >= 15 is 0 Å². The van der Waals surface area contributed by atoms with Crippen LogP contribution in [0.4, 0.5) is 9.59 Å². The van der Waals surface area contributed by atoms with E-state index in [2.05, 4.69) is 5.32 Å². The lowest BCUT2D eigenvalue weighted by Crippen LogP contribution is -2.63. The molecule has 3 rings (SSSR count). The number of benzene rings is 2. The summed E-state index contributed by atoms with van der Waals surface area (Å²) < 4.78 is -0.733. The van der Waals surface area contributed by atoms with E-state index in [9.17, 15) is 29.4 Å². The van der Waals surface area contributed by atoms with Gasteiger partial charge in [-0.15, -0.1) is 4.48 Å². The Morgan fingerprint density at radius 3 is 2.29 bits per heavy atom. The highest BCUT2D eigenvalue weighted by atomic mass is 16.4. The van der Waals surface area contributed by atoms with Gasteiger partial charge in [0.1, 0.15) is 11.8 Å². The molecule has 2 aromatic carbocycles. The van der Waals surface area contributed by atoms with E-state index in [1.807, 2.05) is 0 Å². The van der Waals surface area contributed by atoms with Crippen LogP contribution in [-0.2, 0) is 11.2 Å². The minimum atomic E-state index is -1.23. The minimum Gasteiger partial charge on any atom is -0.508 e. The van der Waals surface area contributed by atoms with Crippen molar-refractivity contribution in [3.05, 3.63) is 65.7 Å². The number of phenolic OH excluding ortho intramolecular Hbond substituents is 1. The number of hydrogen-bond donors (Lipinski definition) is 3. The van der Waals surface area contributed by atoms with Gasteiger partial charge < -0.3 is 15.5 Å². The maximum absolute atomic E-state index is 13.3. The molecule has 4 amide bonds. The molecule has 0 radical (unpaired) electrons. The first-order valence-corrected chi connectivity index (χ1v) is 11.2. The lowest BCUT2D eigenvalue weighted by atomic mass is 10.0. The minimum absolute atomic E-state index is 0.0766.